The third-order valence-electron chi connectivity index (χ3n) is 4.29. The molecule has 152 valence electrons. The van der Waals surface area contributed by atoms with Crippen LogP contribution in [0.25, 0.3) is 0 Å². The third kappa shape index (κ3) is 11.3. The Morgan fingerprint density at radius 3 is 2.19 bits per heavy atom. The average molecular weight is 378 g/mol. The molecule has 0 aliphatic rings. The van der Waals surface area contributed by atoms with Gasteiger partial charge in [0.1, 0.15) is 6.04 Å². The molecule has 0 aromatic heterocycles. The van der Waals surface area contributed by atoms with Gasteiger partial charge >= 0.3 is 12.1 Å². The standard InChI is InChI=1S/C22H35NO4/c1-3-5-6-7-8-9-13-17-26-21(24)20(23-22(25)27-16-4-2)18-19-14-11-10-12-15-19/h10-12,14-15,20H,3-9,13,16-18H2,1-2H3,(H,23,25). The molecule has 0 saturated carbocycles. The molecule has 5 heteroatoms. The maximum atomic E-state index is 12.4. The van der Waals surface area contributed by atoms with Crippen LogP contribution in [0.2, 0.25) is 0 Å². The van der Waals surface area contributed by atoms with E-state index in [9.17, 15) is 9.59 Å². The first-order valence-electron chi connectivity index (χ1n) is 10.3. The third-order valence-corrected chi connectivity index (χ3v) is 4.29. The Hall–Kier alpha value is -2.04. The van der Waals surface area contributed by atoms with Crippen molar-refractivity contribution < 1.29 is 19.1 Å². The quantitative estimate of drug-likeness (QED) is 0.365. The van der Waals surface area contributed by atoms with E-state index in [1.54, 1.807) is 0 Å². The van der Waals surface area contributed by atoms with Gasteiger partial charge in [-0.2, -0.15) is 0 Å². The summed E-state index contributed by atoms with van der Waals surface area (Å²) in [5.74, 6) is -0.404. The Morgan fingerprint density at radius 1 is 0.852 bits per heavy atom. The summed E-state index contributed by atoms with van der Waals surface area (Å²) in [5.41, 5.74) is 0.964. The van der Waals surface area contributed by atoms with Crippen LogP contribution in [0.4, 0.5) is 4.79 Å². The molecule has 1 aromatic carbocycles. The molecule has 27 heavy (non-hydrogen) atoms. The highest BCUT2D eigenvalue weighted by Gasteiger charge is 2.23. The van der Waals surface area contributed by atoms with Gasteiger partial charge in [0.05, 0.1) is 13.2 Å². The number of nitrogens with one attached hydrogen (secondary N) is 1. The summed E-state index contributed by atoms with van der Waals surface area (Å²) in [5, 5.41) is 2.64. The fourth-order valence-electron chi connectivity index (χ4n) is 2.75. The second-order valence-corrected chi connectivity index (χ2v) is 6.81. The Labute approximate surface area is 163 Å². The number of alkyl carbamates (subject to hydrolysis) is 1. The number of hydrogen-bond donors (Lipinski definition) is 1. The molecule has 1 unspecified atom stereocenters. The summed E-state index contributed by atoms with van der Waals surface area (Å²) in [4.78, 5) is 24.3. The molecule has 1 rings (SSSR count). The monoisotopic (exact) mass is 377 g/mol. The van der Waals surface area contributed by atoms with Crippen molar-refractivity contribution in [3.05, 3.63) is 35.9 Å². The fraction of sp³-hybridized carbons (Fsp3) is 0.636. The lowest BCUT2D eigenvalue weighted by Gasteiger charge is -2.17. The molecule has 5 nitrogen and oxygen atoms in total. The van der Waals surface area contributed by atoms with E-state index in [4.69, 9.17) is 9.47 Å². The largest absolute Gasteiger partial charge is 0.464 e. The van der Waals surface area contributed by atoms with Gasteiger partial charge < -0.3 is 14.8 Å². The van der Waals surface area contributed by atoms with Gasteiger partial charge in [0.15, 0.2) is 0 Å². The van der Waals surface area contributed by atoms with Crippen LogP contribution >= 0.6 is 0 Å². The van der Waals surface area contributed by atoms with E-state index < -0.39 is 18.1 Å². The van der Waals surface area contributed by atoms with Crippen molar-refractivity contribution >= 4 is 12.1 Å². The lowest BCUT2D eigenvalue weighted by atomic mass is 10.1. The Morgan fingerprint density at radius 2 is 1.52 bits per heavy atom. The minimum atomic E-state index is -0.735. The lowest BCUT2D eigenvalue weighted by Crippen LogP contribution is -2.43. The molecular formula is C22H35NO4. The van der Waals surface area contributed by atoms with Gasteiger partial charge in [-0.3, -0.25) is 0 Å². The number of carbonyl (C=O) groups is 2. The molecule has 0 spiro atoms. The van der Waals surface area contributed by atoms with Gasteiger partial charge in [0.2, 0.25) is 0 Å². The lowest BCUT2D eigenvalue weighted by molar-refractivity contribution is -0.146. The van der Waals surface area contributed by atoms with E-state index in [2.05, 4.69) is 12.2 Å². The van der Waals surface area contributed by atoms with Crippen molar-refractivity contribution in [2.75, 3.05) is 13.2 Å². The first kappa shape index (κ1) is 23.0. The number of amides is 1. The molecule has 0 aliphatic heterocycles. The van der Waals surface area contributed by atoms with Crippen LogP contribution in [-0.4, -0.2) is 31.3 Å². The van der Waals surface area contributed by atoms with Crippen LogP contribution in [0.1, 0.15) is 70.8 Å². The second-order valence-electron chi connectivity index (χ2n) is 6.81. The number of unbranched alkanes of at least 4 members (excludes halogenated alkanes) is 6. The van der Waals surface area contributed by atoms with Gasteiger partial charge in [-0.25, -0.2) is 9.59 Å². The zero-order valence-corrected chi connectivity index (χ0v) is 16.9. The molecule has 0 saturated heterocycles. The predicted octanol–water partition coefficient (Wildman–Crippen LogP) is 5.03. The van der Waals surface area contributed by atoms with Gasteiger partial charge in [-0.05, 0) is 18.4 Å². The molecule has 1 amide bonds. The second kappa shape index (κ2) is 15.1. The van der Waals surface area contributed by atoms with Gasteiger partial charge in [-0.1, -0.05) is 82.7 Å². The molecule has 0 radical (unpaired) electrons. The Bertz CT molecular complexity index is 518. The summed E-state index contributed by atoms with van der Waals surface area (Å²) in [6.07, 6.45) is 8.68. The maximum absolute atomic E-state index is 12.4. The van der Waals surface area contributed by atoms with Crippen LogP contribution < -0.4 is 5.32 Å². The summed E-state index contributed by atoms with van der Waals surface area (Å²) in [6.45, 7) is 4.85. The van der Waals surface area contributed by atoms with E-state index in [1.165, 1.54) is 32.1 Å². The van der Waals surface area contributed by atoms with Crippen molar-refractivity contribution in [2.24, 2.45) is 0 Å². The average Bonchev–Trinajstić information content (AvgIpc) is 2.68. The smallest absolute Gasteiger partial charge is 0.407 e. The van der Waals surface area contributed by atoms with Crippen LogP contribution in [0.15, 0.2) is 30.3 Å². The predicted molar refractivity (Wildman–Crippen MR) is 108 cm³/mol. The highest BCUT2D eigenvalue weighted by atomic mass is 16.6. The summed E-state index contributed by atoms with van der Waals surface area (Å²) < 4.78 is 10.4. The molecule has 0 fully saturated rings. The van der Waals surface area contributed by atoms with E-state index in [1.807, 2.05) is 37.3 Å². The van der Waals surface area contributed by atoms with Crippen molar-refractivity contribution in [1.29, 1.82) is 0 Å². The minimum absolute atomic E-state index is 0.330. The zero-order valence-electron chi connectivity index (χ0n) is 16.9. The maximum Gasteiger partial charge on any atom is 0.407 e. The van der Waals surface area contributed by atoms with Crippen LogP contribution in [-0.2, 0) is 20.7 Å². The van der Waals surface area contributed by atoms with Gasteiger partial charge in [0, 0.05) is 6.42 Å². The number of hydrogen-bond acceptors (Lipinski definition) is 4. The number of benzene rings is 1. The number of carbonyl (C=O) groups excluding carboxylic acids is 2. The van der Waals surface area contributed by atoms with Gasteiger partial charge in [0.25, 0.3) is 0 Å². The van der Waals surface area contributed by atoms with Crippen LogP contribution in [0.5, 0.6) is 0 Å². The summed E-state index contributed by atoms with van der Waals surface area (Å²) in [7, 11) is 0. The van der Waals surface area contributed by atoms with Crippen molar-refractivity contribution in [3.63, 3.8) is 0 Å². The topological polar surface area (TPSA) is 64.6 Å². The molecule has 1 atom stereocenters. The zero-order chi connectivity index (χ0) is 19.7. The highest BCUT2D eigenvalue weighted by Crippen LogP contribution is 2.08. The Kier molecular flexibility index (Phi) is 12.8. The van der Waals surface area contributed by atoms with Crippen molar-refractivity contribution in [2.45, 2.75) is 77.7 Å². The molecule has 0 heterocycles. The number of ether oxygens (including phenoxy) is 2. The van der Waals surface area contributed by atoms with E-state index in [-0.39, 0.29) is 0 Å². The highest BCUT2D eigenvalue weighted by molar-refractivity contribution is 5.81. The van der Waals surface area contributed by atoms with Crippen LogP contribution in [0.3, 0.4) is 0 Å². The molecule has 1 aromatic rings. The minimum Gasteiger partial charge on any atom is -0.464 e. The first-order chi connectivity index (χ1) is 13.2. The SMILES string of the molecule is CCCCCCCCCOC(=O)C(Cc1ccccc1)NC(=O)OCCC. The van der Waals surface area contributed by atoms with E-state index in [0.29, 0.717) is 19.6 Å². The number of esters is 1. The normalized spacial score (nSPS) is 11.6. The molecule has 1 N–H and O–H groups in total. The van der Waals surface area contributed by atoms with E-state index in [0.717, 1.165) is 24.8 Å². The van der Waals surface area contributed by atoms with Gasteiger partial charge in [-0.15, -0.1) is 0 Å². The molecular weight excluding hydrogens is 342 g/mol. The Balaban J connectivity index is 2.41. The van der Waals surface area contributed by atoms with Crippen molar-refractivity contribution in [1.82, 2.24) is 5.32 Å². The molecule has 0 bridgehead atoms. The summed E-state index contributed by atoms with van der Waals surface area (Å²) in [6, 6.07) is 8.85. The van der Waals surface area contributed by atoms with Crippen LogP contribution in [0, 0.1) is 0 Å². The first-order valence-corrected chi connectivity index (χ1v) is 10.3. The van der Waals surface area contributed by atoms with E-state index >= 15 is 0 Å². The number of rotatable bonds is 14. The fourth-order valence-corrected chi connectivity index (χ4v) is 2.75. The van der Waals surface area contributed by atoms with Crippen molar-refractivity contribution in [3.8, 4) is 0 Å². The summed E-state index contributed by atoms with van der Waals surface area (Å²) >= 11 is 0. The molecule has 0 aliphatic carbocycles.